The fraction of sp³-hybridized carbons (Fsp3) is 0.800. The first-order chi connectivity index (χ1) is 6.57. The summed E-state index contributed by atoms with van der Waals surface area (Å²) in [5.41, 5.74) is 0. The first-order valence-corrected chi connectivity index (χ1v) is 5.97. The number of hydrogen-bond acceptors (Lipinski definition) is 3. The Morgan fingerprint density at radius 2 is 2.07 bits per heavy atom. The molecule has 4 heteroatoms. The first-order valence-electron chi connectivity index (χ1n) is 4.99. The highest BCUT2D eigenvalue weighted by molar-refractivity contribution is 8.13. The molecule has 14 heavy (non-hydrogen) atoms. The van der Waals surface area contributed by atoms with E-state index in [1.54, 1.807) is 0 Å². The zero-order valence-electron chi connectivity index (χ0n) is 9.13. The molecule has 0 bridgehead atoms. The third-order valence-corrected chi connectivity index (χ3v) is 2.94. The molecule has 0 rings (SSSR count). The standard InChI is InChI=1S/C10H19NO2S/c1-4-5-8(2)10(13)14-7-6-11-9(3)12/h8H,4-7H2,1-3H3,(H,11,12)/t8-/m0/s1. The zero-order chi connectivity index (χ0) is 11.0. The van der Waals surface area contributed by atoms with Crippen molar-refractivity contribution in [1.82, 2.24) is 5.32 Å². The summed E-state index contributed by atoms with van der Waals surface area (Å²) in [5, 5.41) is 2.89. The lowest BCUT2D eigenvalue weighted by Gasteiger charge is -2.07. The zero-order valence-corrected chi connectivity index (χ0v) is 9.95. The van der Waals surface area contributed by atoms with Gasteiger partial charge in [0.25, 0.3) is 0 Å². The fourth-order valence-electron chi connectivity index (χ4n) is 1.07. The maximum Gasteiger partial charge on any atom is 0.216 e. The maximum atomic E-state index is 11.4. The number of hydrogen-bond donors (Lipinski definition) is 1. The minimum atomic E-state index is -0.0420. The van der Waals surface area contributed by atoms with E-state index >= 15 is 0 Å². The highest BCUT2D eigenvalue weighted by Crippen LogP contribution is 2.14. The highest BCUT2D eigenvalue weighted by atomic mass is 32.2. The van der Waals surface area contributed by atoms with Crippen LogP contribution >= 0.6 is 11.8 Å². The van der Waals surface area contributed by atoms with Gasteiger partial charge in [0.15, 0.2) is 5.12 Å². The Morgan fingerprint density at radius 1 is 1.43 bits per heavy atom. The fourth-order valence-corrected chi connectivity index (χ4v) is 1.88. The summed E-state index contributed by atoms with van der Waals surface area (Å²) in [6, 6.07) is 0. The minimum absolute atomic E-state index is 0.0420. The molecule has 0 aliphatic heterocycles. The molecular formula is C10H19NO2S. The quantitative estimate of drug-likeness (QED) is 0.690. The van der Waals surface area contributed by atoms with E-state index in [-0.39, 0.29) is 16.9 Å². The van der Waals surface area contributed by atoms with Gasteiger partial charge in [0, 0.05) is 25.1 Å². The van der Waals surface area contributed by atoms with Crippen LogP contribution in [0.2, 0.25) is 0 Å². The number of carbonyl (C=O) groups excluding carboxylic acids is 2. The summed E-state index contributed by atoms with van der Waals surface area (Å²) in [4.78, 5) is 21.9. The molecule has 0 spiro atoms. The molecule has 0 radical (unpaired) electrons. The third kappa shape index (κ3) is 6.95. The van der Waals surface area contributed by atoms with Gasteiger partial charge in [-0.25, -0.2) is 0 Å². The van der Waals surface area contributed by atoms with Gasteiger partial charge in [-0.1, -0.05) is 32.0 Å². The molecule has 0 fully saturated rings. The van der Waals surface area contributed by atoms with E-state index in [1.165, 1.54) is 18.7 Å². The first kappa shape index (κ1) is 13.5. The summed E-state index contributed by atoms with van der Waals surface area (Å²) in [7, 11) is 0. The second-order valence-electron chi connectivity index (χ2n) is 3.34. The number of thioether (sulfide) groups is 1. The van der Waals surface area contributed by atoms with E-state index < -0.39 is 0 Å². The van der Waals surface area contributed by atoms with E-state index in [0.29, 0.717) is 12.3 Å². The molecule has 0 saturated heterocycles. The van der Waals surface area contributed by atoms with Gasteiger partial charge in [-0.3, -0.25) is 9.59 Å². The monoisotopic (exact) mass is 217 g/mol. The molecule has 0 aromatic heterocycles. The van der Waals surface area contributed by atoms with Crippen LogP contribution in [0, 0.1) is 5.92 Å². The second kappa shape index (κ2) is 7.85. The van der Waals surface area contributed by atoms with Crippen LogP contribution in [0.3, 0.4) is 0 Å². The largest absolute Gasteiger partial charge is 0.356 e. The predicted octanol–water partition coefficient (Wildman–Crippen LogP) is 1.82. The Labute approximate surface area is 90.0 Å². The Morgan fingerprint density at radius 3 is 2.57 bits per heavy atom. The Hall–Kier alpha value is -0.510. The molecule has 0 aliphatic rings. The lowest BCUT2D eigenvalue weighted by molar-refractivity contribution is -0.119. The lowest BCUT2D eigenvalue weighted by atomic mass is 10.1. The molecule has 82 valence electrons. The summed E-state index contributed by atoms with van der Waals surface area (Å²) >= 11 is 1.31. The van der Waals surface area contributed by atoms with Gasteiger partial charge in [0.05, 0.1) is 0 Å². The van der Waals surface area contributed by atoms with Gasteiger partial charge in [0.1, 0.15) is 0 Å². The van der Waals surface area contributed by atoms with Crippen molar-refractivity contribution in [3.8, 4) is 0 Å². The molecule has 1 atom stereocenters. The number of rotatable bonds is 6. The Bertz CT molecular complexity index is 195. The van der Waals surface area contributed by atoms with Crippen LogP contribution in [0.4, 0.5) is 0 Å². The molecule has 0 aromatic rings. The van der Waals surface area contributed by atoms with Crippen LogP contribution < -0.4 is 5.32 Å². The van der Waals surface area contributed by atoms with Crippen molar-refractivity contribution in [1.29, 1.82) is 0 Å². The smallest absolute Gasteiger partial charge is 0.216 e. The SMILES string of the molecule is CCC[C@H](C)C(=O)SCCNC(C)=O. The van der Waals surface area contributed by atoms with Crippen LogP contribution in [-0.4, -0.2) is 23.3 Å². The van der Waals surface area contributed by atoms with Crippen molar-refractivity contribution in [3.63, 3.8) is 0 Å². The van der Waals surface area contributed by atoms with Crippen LogP contribution in [0.1, 0.15) is 33.6 Å². The average molecular weight is 217 g/mol. The van der Waals surface area contributed by atoms with Crippen LogP contribution in [0.15, 0.2) is 0 Å². The van der Waals surface area contributed by atoms with Gasteiger partial charge in [-0.05, 0) is 6.42 Å². The van der Waals surface area contributed by atoms with E-state index in [4.69, 9.17) is 0 Å². The summed E-state index contributed by atoms with van der Waals surface area (Å²) < 4.78 is 0. The van der Waals surface area contributed by atoms with Crippen LogP contribution in [-0.2, 0) is 9.59 Å². The summed E-state index contributed by atoms with van der Waals surface area (Å²) in [5.74, 6) is 0.772. The van der Waals surface area contributed by atoms with Gasteiger partial charge in [-0.2, -0.15) is 0 Å². The van der Waals surface area contributed by atoms with Gasteiger partial charge >= 0.3 is 0 Å². The van der Waals surface area contributed by atoms with Crippen molar-refractivity contribution in [2.45, 2.75) is 33.6 Å². The number of amides is 1. The maximum absolute atomic E-state index is 11.4. The van der Waals surface area contributed by atoms with Crippen molar-refractivity contribution < 1.29 is 9.59 Å². The molecule has 0 unspecified atom stereocenters. The topological polar surface area (TPSA) is 46.2 Å². The van der Waals surface area contributed by atoms with Gasteiger partial charge in [-0.15, -0.1) is 0 Å². The summed E-state index contributed by atoms with van der Waals surface area (Å²) in [6.45, 7) is 6.08. The molecular weight excluding hydrogens is 198 g/mol. The highest BCUT2D eigenvalue weighted by Gasteiger charge is 2.11. The molecule has 0 aliphatic carbocycles. The molecule has 0 aromatic carbocycles. The van der Waals surface area contributed by atoms with E-state index in [2.05, 4.69) is 12.2 Å². The average Bonchev–Trinajstić information content (AvgIpc) is 2.12. The van der Waals surface area contributed by atoms with Gasteiger partial charge < -0.3 is 5.32 Å². The third-order valence-electron chi connectivity index (χ3n) is 1.84. The molecule has 3 nitrogen and oxygen atoms in total. The van der Waals surface area contributed by atoms with E-state index in [1.807, 2.05) is 6.92 Å². The predicted molar refractivity (Wildman–Crippen MR) is 60.2 cm³/mol. The molecule has 0 heterocycles. The second-order valence-corrected chi connectivity index (χ2v) is 4.44. The Balaban J connectivity index is 3.48. The lowest BCUT2D eigenvalue weighted by Crippen LogP contribution is -2.23. The van der Waals surface area contributed by atoms with E-state index in [0.717, 1.165) is 12.8 Å². The minimum Gasteiger partial charge on any atom is -0.356 e. The van der Waals surface area contributed by atoms with Crippen LogP contribution in [0.25, 0.3) is 0 Å². The molecule has 0 saturated carbocycles. The Kier molecular flexibility index (Phi) is 7.57. The molecule has 1 amide bonds. The normalized spacial score (nSPS) is 12.2. The van der Waals surface area contributed by atoms with Crippen molar-refractivity contribution in [2.75, 3.05) is 12.3 Å². The summed E-state index contributed by atoms with van der Waals surface area (Å²) in [6.07, 6.45) is 1.99. The number of nitrogens with one attached hydrogen (secondary N) is 1. The molecule has 1 N–H and O–H groups in total. The number of carbonyl (C=O) groups is 2. The van der Waals surface area contributed by atoms with Crippen molar-refractivity contribution in [2.24, 2.45) is 5.92 Å². The van der Waals surface area contributed by atoms with Crippen LogP contribution in [0.5, 0.6) is 0 Å². The van der Waals surface area contributed by atoms with E-state index in [9.17, 15) is 9.59 Å². The van der Waals surface area contributed by atoms with Crippen molar-refractivity contribution >= 4 is 22.8 Å². The van der Waals surface area contributed by atoms with Crippen molar-refractivity contribution in [3.05, 3.63) is 0 Å². The van der Waals surface area contributed by atoms with Gasteiger partial charge in [0.2, 0.25) is 5.91 Å².